The smallest absolute Gasteiger partial charge is 0.446 e. The molecule has 0 aliphatic carbocycles. The van der Waals surface area contributed by atoms with Gasteiger partial charge in [0, 0.05) is 14.1 Å². The van der Waals surface area contributed by atoms with E-state index < -0.39 is 6.09 Å². The summed E-state index contributed by atoms with van der Waals surface area (Å²) >= 11 is 0. The first-order valence-electron chi connectivity index (χ1n) is 3.35. The van der Waals surface area contributed by atoms with E-state index in [1.54, 1.807) is 21.0 Å². The summed E-state index contributed by atoms with van der Waals surface area (Å²) in [5.74, 6) is 0. The Hall–Kier alpha value is -1.39. The van der Waals surface area contributed by atoms with Gasteiger partial charge in [-0.25, -0.2) is 9.59 Å². The fraction of sp³-hybridized carbons (Fsp3) is 0.667. The summed E-state index contributed by atoms with van der Waals surface area (Å²) < 4.78 is 4.59. The summed E-state index contributed by atoms with van der Waals surface area (Å²) in [5, 5.41) is 5.20. The number of hydrogen-bond donors (Lipinski definition) is 0. The SMILES string of the molecule is CCOC(=O)N(N=C=O)N(C)C. The molecule has 0 heterocycles. The van der Waals surface area contributed by atoms with Crippen LogP contribution < -0.4 is 0 Å². The molecule has 0 spiro atoms. The molecule has 0 aromatic rings. The third-order valence-corrected chi connectivity index (χ3v) is 0.946. The fourth-order valence-corrected chi connectivity index (χ4v) is 0.513. The van der Waals surface area contributed by atoms with Gasteiger partial charge in [0.1, 0.15) is 0 Å². The molecule has 1 amide bonds. The molecular weight excluding hydrogens is 162 g/mol. The molecule has 0 atom stereocenters. The minimum Gasteiger partial charge on any atom is -0.447 e. The van der Waals surface area contributed by atoms with Crippen molar-refractivity contribution in [3.63, 3.8) is 0 Å². The van der Waals surface area contributed by atoms with Crippen molar-refractivity contribution in [3.05, 3.63) is 0 Å². The lowest BCUT2D eigenvalue weighted by Gasteiger charge is -2.20. The van der Waals surface area contributed by atoms with Gasteiger partial charge in [0.05, 0.1) is 6.61 Å². The van der Waals surface area contributed by atoms with E-state index in [1.807, 2.05) is 0 Å². The maximum Gasteiger partial charge on any atom is 0.446 e. The minimum atomic E-state index is -0.703. The number of isocyanates is 1. The van der Waals surface area contributed by atoms with Crippen LogP contribution in [-0.2, 0) is 9.53 Å². The zero-order chi connectivity index (χ0) is 9.56. The van der Waals surface area contributed by atoms with E-state index in [1.165, 1.54) is 11.1 Å². The van der Waals surface area contributed by atoms with E-state index in [-0.39, 0.29) is 6.61 Å². The molecule has 0 aromatic heterocycles. The van der Waals surface area contributed by atoms with Crippen LogP contribution in [0, 0.1) is 0 Å². The van der Waals surface area contributed by atoms with Crippen LogP contribution in [-0.4, -0.2) is 43.0 Å². The van der Waals surface area contributed by atoms with Gasteiger partial charge in [0.15, 0.2) is 0 Å². The minimum absolute atomic E-state index is 0.234. The first-order valence-corrected chi connectivity index (χ1v) is 3.35. The van der Waals surface area contributed by atoms with Gasteiger partial charge in [-0.3, -0.25) is 0 Å². The molecule has 0 rings (SSSR count). The Balaban J connectivity index is 4.29. The van der Waals surface area contributed by atoms with Crippen molar-refractivity contribution in [2.24, 2.45) is 5.10 Å². The number of hydrogen-bond acceptors (Lipinski definition) is 5. The molecule has 0 aliphatic heterocycles. The first-order chi connectivity index (χ1) is 5.63. The number of carbonyl (C=O) groups is 1. The number of carbonyl (C=O) groups excluding carboxylic acids is 2. The Kier molecular flexibility index (Phi) is 4.67. The molecule has 6 heteroatoms. The number of rotatable bonds is 3. The van der Waals surface area contributed by atoms with E-state index in [2.05, 4.69) is 9.84 Å². The second-order valence-corrected chi connectivity index (χ2v) is 2.03. The van der Waals surface area contributed by atoms with Crippen molar-refractivity contribution in [2.75, 3.05) is 20.7 Å². The largest absolute Gasteiger partial charge is 0.447 e. The first kappa shape index (κ1) is 10.6. The third-order valence-electron chi connectivity index (χ3n) is 0.946. The van der Waals surface area contributed by atoms with Gasteiger partial charge in [-0.15, -0.1) is 5.12 Å². The molecule has 0 saturated carbocycles. The van der Waals surface area contributed by atoms with Crippen molar-refractivity contribution in [1.82, 2.24) is 10.1 Å². The number of amides is 1. The molecule has 0 radical (unpaired) electrons. The van der Waals surface area contributed by atoms with Crippen molar-refractivity contribution in [3.8, 4) is 0 Å². The molecule has 0 aliphatic rings. The van der Waals surface area contributed by atoms with Crippen LogP contribution in [0.15, 0.2) is 5.10 Å². The lowest BCUT2D eigenvalue weighted by atomic mass is 10.9. The van der Waals surface area contributed by atoms with Crippen molar-refractivity contribution < 1.29 is 14.3 Å². The summed E-state index contributed by atoms with van der Waals surface area (Å²) in [4.78, 5) is 20.8. The van der Waals surface area contributed by atoms with Crippen molar-refractivity contribution >= 4 is 12.2 Å². The van der Waals surface area contributed by atoms with Gasteiger partial charge in [0.25, 0.3) is 6.08 Å². The van der Waals surface area contributed by atoms with E-state index >= 15 is 0 Å². The molecule has 0 fully saturated rings. The fourth-order valence-electron chi connectivity index (χ4n) is 0.513. The predicted octanol–water partition coefficient (Wildman–Crippen LogP) is 0.172. The lowest BCUT2D eigenvalue weighted by Crippen LogP contribution is -2.37. The summed E-state index contributed by atoms with van der Waals surface area (Å²) in [5.41, 5.74) is 0. The normalized spacial score (nSPS) is 9.00. The maximum atomic E-state index is 11.0. The zero-order valence-corrected chi connectivity index (χ0v) is 7.27. The molecule has 0 N–H and O–H groups in total. The van der Waals surface area contributed by atoms with Gasteiger partial charge in [-0.05, 0) is 6.92 Å². The van der Waals surface area contributed by atoms with E-state index in [0.29, 0.717) is 0 Å². The zero-order valence-electron chi connectivity index (χ0n) is 7.27. The topological polar surface area (TPSA) is 62.2 Å². The average molecular weight is 173 g/mol. The molecule has 0 unspecified atom stereocenters. The summed E-state index contributed by atoms with van der Waals surface area (Å²) in [6.45, 7) is 1.90. The highest BCUT2D eigenvalue weighted by Gasteiger charge is 2.15. The van der Waals surface area contributed by atoms with Crippen LogP contribution in [0.2, 0.25) is 0 Å². The van der Waals surface area contributed by atoms with Gasteiger partial charge in [0.2, 0.25) is 0 Å². The maximum absolute atomic E-state index is 11.0. The molecule has 0 saturated heterocycles. The van der Waals surface area contributed by atoms with Gasteiger partial charge >= 0.3 is 6.09 Å². The Morgan fingerprint density at radius 3 is 2.50 bits per heavy atom. The highest BCUT2D eigenvalue weighted by atomic mass is 16.6. The van der Waals surface area contributed by atoms with Gasteiger partial charge in [-0.2, -0.15) is 5.01 Å². The van der Waals surface area contributed by atoms with E-state index in [0.717, 1.165) is 5.12 Å². The molecule has 68 valence electrons. The molecule has 0 aromatic carbocycles. The van der Waals surface area contributed by atoms with Gasteiger partial charge < -0.3 is 4.74 Å². The number of hydrazone groups is 1. The Labute approximate surface area is 70.4 Å². The van der Waals surface area contributed by atoms with Crippen molar-refractivity contribution in [1.29, 1.82) is 0 Å². The Morgan fingerprint density at radius 1 is 1.58 bits per heavy atom. The predicted molar refractivity (Wildman–Crippen MR) is 40.7 cm³/mol. The molecule has 12 heavy (non-hydrogen) atoms. The third kappa shape index (κ3) is 3.14. The molecular formula is C6H11N3O3. The summed E-state index contributed by atoms with van der Waals surface area (Å²) in [7, 11) is 3.11. The quantitative estimate of drug-likeness (QED) is 0.347. The molecule has 6 nitrogen and oxygen atoms in total. The van der Waals surface area contributed by atoms with Crippen LogP contribution in [0.25, 0.3) is 0 Å². The summed E-state index contributed by atoms with van der Waals surface area (Å²) in [6, 6.07) is 0. The lowest BCUT2D eigenvalue weighted by molar-refractivity contribution is 0.0155. The second-order valence-electron chi connectivity index (χ2n) is 2.03. The van der Waals surface area contributed by atoms with Crippen LogP contribution in [0.5, 0.6) is 0 Å². The van der Waals surface area contributed by atoms with Crippen molar-refractivity contribution in [2.45, 2.75) is 6.92 Å². The van der Waals surface area contributed by atoms with Crippen LogP contribution >= 0.6 is 0 Å². The molecule has 0 bridgehead atoms. The average Bonchev–Trinajstić information content (AvgIpc) is 1.99. The van der Waals surface area contributed by atoms with Crippen LogP contribution in [0.4, 0.5) is 4.79 Å². The van der Waals surface area contributed by atoms with Crippen LogP contribution in [0.3, 0.4) is 0 Å². The second kappa shape index (κ2) is 5.29. The monoisotopic (exact) mass is 173 g/mol. The van der Waals surface area contributed by atoms with Gasteiger partial charge in [-0.1, -0.05) is 5.10 Å². The standard InChI is InChI=1S/C6H11N3O3/c1-4-12-6(11)9(7-5-10)8(2)3/h4H2,1-3H3. The highest BCUT2D eigenvalue weighted by molar-refractivity contribution is 5.67. The van der Waals surface area contributed by atoms with E-state index in [4.69, 9.17) is 0 Å². The Bertz CT molecular complexity index is 198. The number of nitrogens with zero attached hydrogens (tertiary/aromatic N) is 3. The van der Waals surface area contributed by atoms with Crippen LogP contribution in [0.1, 0.15) is 6.92 Å². The summed E-state index contributed by atoms with van der Waals surface area (Å²) in [6.07, 6.45) is 0.544. The number of ether oxygens (including phenoxy) is 1. The Morgan fingerprint density at radius 2 is 2.17 bits per heavy atom. The highest BCUT2D eigenvalue weighted by Crippen LogP contribution is 1.95. The van der Waals surface area contributed by atoms with E-state index in [9.17, 15) is 9.59 Å². The number of hydrazine groups is 1.